The molecule has 1 heterocycles. The summed E-state index contributed by atoms with van der Waals surface area (Å²) in [5, 5.41) is 9.39. The van der Waals surface area contributed by atoms with E-state index in [4.69, 9.17) is 0 Å². The number of nitrogens with zero attached hydrogens (tertiary/aromatic N) is 1. The van der Waals surface area contributed by atoms with Gasteiger partial charge in [-0.05, 0) is 11.6 Å². The van der Waals surface area contributed by atoms with E-state index in [1.54, 1.807) is 0 Å². The van der Waals surface area contributed by atoms with Gasteiger partial charge in [0.25, 0.3) is 0 Å². The Morgan fingerprint density at radius 1 is 1.36 bits per heavy atom. The summed E-state index contributed by atoms with van der Waals surface area (Å²) in [5.74, 6) is 0. The van der Waals surface area contributed by atoms with Crippen molar-refractivity contribution in [3.05, 3.63) is 36.2 Å². The molecule has 1 aromatic carbocycles. The van der Waals surface area contributed by atoms with Gasteiger partial charge in [-0.2, -0.15) is 0 Å². The summed E-state index contributed by atoms with van der Waals surface area (Å²) < 4.78 is 0. The van der Waals surface area contributed by atoms with Crippen molar-refractivity contribution < 1.29 is 5.11 Å². The maximum Gasteiger partial charge on any atom is 0.134 e. The summed E-state index contributed by atoms with van der Waals surface area (Å²) in [6, 6.07) is 7.95. The molecule has 1 atom stereocenters. The lowest BCUT2D eigenvalue weighted by Gasteiger charge is -2.16. The smallest absolute Gasteiger partial charge is 0.134 e. The molecule has 11 heavy (non-hydrogen) atoms. The lowest BCUT2D eigenvalue weighted by atomic mass is 10.2. The van der Waals surface area contributed by atoms with Gasteiger partial charge in [-0.15, -0.1) is 0 Å². The van der Waals surface area contributed by atoms with Crippen LogP contribution in [0.15, 0.2) is 24.3 Å². The minimum atomic E-state index is -0.451. The molecule has 1 N–H and O–H groups in total. The fraction of sp³-hybridized carbons (Fsp3) is 0.222. The van der Waals surface area contributed by atoms with E-state index in [-0.39, 0.29) is 0 Å². The lowest BCUT2D eigenvalue weighted by molar-refractivity contribution is 0.218. The Morgan fingerprint density at radius 3 is 2.82 bits per heavy atom. The summed E-state index contributed by atoms with van der Waals surface area (Å²) >= 11 is 0. The molecule has 1 unspecified atom stereocenters. The molecule has 2 rings (SSSR count). The molecule has 1 aromatic rings. The molecule has 0 aliphatic carbocycles. The highest BCUT2D eigenvalue weighted by Crippen LogP contribution is 2.30. The predicted octanol–water partition coefficient (Wildman–Crippen LogP) is 1.01. The number of rotatable bonds is 0. The van der Waals surface area contributed by atoms with Crippen LogP contribution < -0.4 is 4.90 Å². The minimum Gasteiger partial charge on any atom is -0.373 e. The van der Waals surface area contributed by atoms with Crippen LogP contribution in [-0.4, -0.2) is 18.4 Å². The van der Waals surface area contributed by atoms with Crippen molar-refractivity contribution in [2.24, 2.45) is 0 Å². The van der Waals surface area contributed by atoms with Crippen LogP contribution in [-0.2, 0) is 0 Å². The number of hydrogen-bond acceptors (Lipinski definition) is 2. The van der Waals surface area contributed by atoms with Gasteiger partial charge in [-0.1, -0.05) is 18.2 Å². The van der Waals surface area contributed by atoms with Crippen molar-refractivity contribution in [1.29, 1.82) is 0 Å². The first-order valence-electron chi connectivity index (χ1n) is 3.64. The van der Waals surface area contributed by atoms with Crippen LogP contribution in [0, 0.1) is 6.42 Å². The Balaban J connectivity index is 2.47. The summed E-state index contributed by atoms with van der Waals surface area (Å²) in [7, 11) is 1.88. The van der Waals surface area contributed by atoms with Crippen molar-refractivity contribution in [2.45, 2.75) is 6.23 Å². The van der Waals surface area contributed by atoms with Gasteiger partial charge in [-0.25, -0.2) is 0 Å². The van der Waals surface area contributed by atoms with Crippen molar-refractivity contribution in [3.63, 3.8) is 0 Å². The Bertz CT molecular complexity index is 272. The molecule has 0 spiro atoms. The Hall–Kier alpha value is -1.02. The zero-order valence-electron chi connectivity index (χ0n) is 6.36. The van der Waals surface area contributed by atoms with E-state index in [1.807, 2.05) is 42.6 Å². The second-order valence-corrected chi connectivity index (χ2v) is 2.75. The monoisotopic (exact) mass is 148 g/mol. The summed E-state index contributed by atoms with van der Waals surface area (Å²) in [6.07, 6.45) is 1.39. The largest absolute Gasteiger partial charge is 0.373 e. The van der Waals surface area contributed by atoms with Gasteiger partial charge >= 0.3 is 0 Å². The standard InChI is InChI=1S/C9H10NO/c1-10-8-5-3-2-4-7(8)6-9(10)11/h2-6,9,11H,1H3. The molecule has 2 nitrogen and oxygen atoms in total. The fourth-order valence-corrected chi connectivity index (χ4v) is 1.36. The zero-order chi connectivity index (χ0) is 7.84. The van der Waals surface area contributed by atoms with Gasteiger partial charge in [0, 0.05) is 19.2 Å². The van der Waals surface area contributed by atoms with Crippen LogP contribution in [0.4, 0.5) is 5.69 Å². The topological polar surface area (TPSA) is 23.5 Å². The SMILES string of the molecule is CN1c2ccccc2[CH]C1O. The summed E-state index contributed by atoms with van der Waals surface area (Å²) in [6.45, 7) is 0. The second kappa shape index (κ2) is 2.24. The molecule has 1 aliphatic heterocycles. The van der Waals surface area contributed by atoms with Gasteiger partial charge < -0.3 is 10.0 Å². The predicted molar refractivity (Wildman–Crippen MR) is 44.3 cm³/mol. The number of fused-ring (bicyclic) bond motifs is 1. The van der Waals surface area contributed by atoms with Crippen LogP contribution in [0.3, 0.4) is 0 Å². The maximum atomic E-state index is 9.39. The number of anilines is 1. The first-order chi connectivity index (χ1) is 5.29. The molecular formula is C9H10NO. The van der Waals surface area contributed by atoms with Gasteiger partial charge in [0.15, 0.2) is 0 Å². The van der Waals surface area contributed by atoms with Gasteiger partial charge in [0.1, 0.15) is 6.23 Å². The molecule has 1 radical (unpaired) electrons. The van der Waals surface area contributed by atoms with Crippen LogP contribution in [0.5, 0.6) is 0 Å². The average Bonchev–Trinajstić information content (AvgIpc) is 2.30. The molecular weight excluding hydrogens is 138 g/mol. The highest BCUT2D eigenvalue weighted by Gasteiger charge is 2.23. The van der Waals surface area contributed by atoms with Gasteiger partial charge in [-0.3, -0.25) is 0 Å². The molecule has 2 heteroatoms. The van der Waals surface area contributed by atoms with E-state index in [9.17, 15) is 5.11 Å². The van der Waals surface area contributed by atoms with Crippen LogP contribution in [0.25, 0.3) is 0 Å². The fourth-order valence-electron chi connectivity index (χ4n) is 1.36. The van der Waals surface area contributed by atoms with Crippen molar-refractivity contribution in [2.75, 3.05) is 11.9 Å². The number of likely N-dealkylation sites (N-methyl/N-ethyl adjacent to an activating group) is 1. The van der Waals surface area contributed by atoms with E-state index in [1.165, 1.54) is 0 Å². The second-order valence-electron chi connectivity index (χ2n) is 2.75. The van der Waals surface area contributed by atoms with E-state index in [0.29, 0.717) is 0 Å². The summed E-state index contributed by atoms with van der Waals surface area (Å²) in [4.78, 5) is 1.84. The molecule has 0 amide bonds. The maximum absolute atomic E-state index is 9.39. The third kappa shape index (κ3) is 0.906. The van der Waals surface area contributed by atoms with Crippen LogP contribution in [0.1, 0.15) is 5.56 Å². The number of hydrogen-bond donors (Lipinski definition) is 1. The highest BCUT2D eigenvalue weighted by atomic mass is 16.3. The third-order valence-corrected chi connectivity index (χ3v) is 2.04. The quantitative estimate of drug-likeness (QED) is 0.593. The number of para-hydroxylation sites is 1. The third-order valence-electron chi connectivity index (χ3n) is 2.04. The lowest BCUT2D eigenvalue weighted by Crippen LogP contribution is -2.25. The Morgan fingerprint density at radius 2 is 2.09 bits per heavy atom. The molecule has 0 fully saturated rings. The molecule has 0 aromatic heterocycles. The highest BCUT2D eigenvalue weighted by molar-refractivity contribution is 5.62. The first-order valence-corrected chi connectivity index (χ1v) is 3.64. The Labute approximate surface area is 66.1 Å². The zero-order valence-corrected chi connectivity index (χ0v) is 6.36. The molecule has 0 saturated heterocycles. The van der Waals surface area contributed by atoms with Crippen molar-refractivity contribution >= 4 is 5.69 Å². The normalized spacial score (nSPS) is 22.0. The van der Waals surface area contributed by atoms with Crippen LogP contribution >= 0.6 is 0 Å². The van der Waals surface area contributed by atoms with E-state index < -0.39 is 6.23 Å². The first kappa shape index (κ1) is 6.68. The molecule has 1 aliphatic rings. The molecule has 57 valence electrons. The number of aliphatic hydroxyl groups excluding tert-OH is 1. The number of aliphatic hydroxyl groups is 1. The Kier molecular flexibility index (Phi) is 1.36. The van der Waals surface area contributed by atoms with E-state index in [2.05, 4.69) is 0 Å². The number of benzene rings is 1. The molecule has 0 bridgehead atoms. The van der Waals surface area contributed by atoms with Crippen molar-refractivity contribution in [1.82, 2.24) is 0 Å². The molecule has 0 saturated carbocycles. The van der Waals surface area contributed by atoms with Crippen molar-refractivity contribution in [3.8, 4) is 0 Å². The van der Waals surface area contributed by atoms with Crippen LogP contribution in [0.2, 0.25) is 0 Å². The average molecular weight is 148 g/mol. The van der Waals surface area contributed by atoms with Gasteiger partial charge in [0.2, 0.25) is 0 Å². The minimum absolute atomic E-state index is 0.451. The summed E-state index contributed by atoms with van der Waals surface area (Å²) in [5.41, 5.74) is 2.21. The van der Waals surface area contributed by atoms with E-state index >= 15 is 0 Å². The van der Waals surface area contributed by atoms with Gasteiger partial charge in [0.05, 0.1) is 0 Å². The van der Waals surface area contributed by atoms with E-state index in [0.717, 1.165) is 11.3 Å².